The molecule has 220 valence electrons. The molecule has 0 spiro atoms. The lowest BCUT2D eigenvalue weighted by molar-refractivity contribution is -0.111. The predicted octanol–water partition coefficient (Wildman–Crippen LogP) is -3.84. The van der Waals surface area contributed by atoms with Gasteiger partial charge in [0.1, 0.15) is 36.6 Å². The van der Waals surface area contributed by atoms with Gasteiger partial charge in [0.15, 0.2) is 11.6 Å². The fourth-order valence-electron chi connectivity index (χ4n) is 4.31. The summed E-state index contributed by atoms with van der Waals surface area (Å²) >= 11 is 0. The molecule has 14 heteroatoms. The summed E-state index contributed by atoms with van der Waals surface area (Å²) in [6, 6.07) is 8.82. The van der Waals surface area contributed by atoms with Crippen molar-refractivity contribution in [2.75, 3.05) is 36.9 Å². The van der Waals surface area contributed by atoms with Gasteiger partial charge in [0.25, 0.3) is 0 Å². The summed E-state index contributed by atoms with van der Waals surface area (Å²) in [6.07, 6.45) is -14.2. The van der Waals surface area contributed by atoms with Crippen molar-refractivity contribution in [2.24, 2.45) is 0 Å². The van der Waals surface area contributed by atoms with E-state index in [4.69, 9.17) is 10.2 Å². The molecule has 0 fully saturated rings. The molecule has 0 heterocycles. The third-order valence-corrected chi connectivity index (χ3v) is 6.73. The number of fused-ring (bicyclic) bond motifs is 2. The highest BCUT2D eigenvalue weighted by Gasteiger charge is 2.36. The Labute approximate surface area is 228 Å². The third-order valence-electron chi connectivity index (χ3n) is 6.73. The van der Waals surface area contributed by atoms with Crippen LogP contribution in [0.15, 0.2) is 36.4 Å². The molecule has 8 atom stereocenters. The molecule has 0 saturated carbocycles. The average molecular weight is 567 g/mol. The van der Waals surface area contributed by atoms with E-state index in [0.717, 1.165) is 0 Å². The SMILES string of the molecule is O=C1c2ccccc2C(=O)c2c(NCC(O)C(O)C(O)C(O)CO)ccc(NCC(O)C(O)C(O)C(O)CO)c21. The second-order valence-electron chi connectivity index (χ2n) is 9.47. The number of carbonyl (C=O) groups excluding carboxylic acids is 2. The Bertz CT molecular complexity index is 1100. The summed E-state index contributed by atoms with van der Waals surface area (Å²) in [7, 11) is 0. The third kappa shape index (κ3) is 6.47. The standard InChI is InChI=1S/C26H34N2O12/c29-9-17(33)25(39)23(37)15(31)7-27-13-5-6-14(28-8-16(32)24(38)26(40)18(34)10-30)20-19(13)21(35)11-3-1-2-4-12(11)22(20)36/h1-6,15-18,23-34,37-40H,7-10H2. The van der Waals surface area contributed by atoms with Gasteiger partial charge in [0.2, 0.25) is 0 Å². The van der Waals surface area contributed by atoms with Crippen LogP contribution in [0, 0.1) is 0 Å². The number of aliphatic hydroxyl groups is 10. The van der Waals surface area contributed by atoms with Crippen LogP contribution in [0.2, 0.25) is 0 Å². The van der Waals surface area contributed by atoms with E-state index in [2.05, 4.69) is 10.6 Å². The zero-order valence-corrected chi connectivity index (χ0v) is 21.2. The fourth-order valence-corrected chi connectivity index (χ4v) is 4.31. The highest BCUT2D eigenvalue weighted by atomic mass is 16.4. The minimum absolute atomic E-state index is 0.0823. The molecule has 2 aromatic rings. The first-order chi connectivity index (χ1) is 18.9. The summed E-state index contributed by atoms with van der Waals surface area (Å²) in [5.74, 6) is -1.10. The lowest BCUT2D eigenvalue weighted by atomic mass is 9.82. The van der Waals surface area contributed by atoms with Crippen LogP contribution in [0.4, 0.5) is 11.4 Å². The fraction of sp³-hybridized carbons (Fsp3) is 0.462. The van der Waals surface area contributed by atoms with Gasteiger partial charge in [0.05, 0.1) is 36.5 Å². The lowest BCUT2D eigenvalue weighted by Crippen LogP contribution is -2.48. The molecule has 12 N–H and O–H groups in total. The summed E-state index contributed by atoms with van der Waals surface area (Å²) in [4.78, 5) is 27.0. The molecule has 1 aliphatic rings. The van der Waals surface area contributed by atoms with Gasteiger partial charge < -0.3 is 61.7 Å². The minimum atomic E-state index is -1.86. The average Bonchev–Trinajstić information content (AvgIpc) is 2.98. The number of carbonyl (C=O) groups is 2. The van der Waals surface area contributed by atoms with E-state index in [9.17, 15) is 50.4 Å². The summed E-state index contributed by atoms with van der Waals surface area (Å²) in [5, 5.41) is 103. The summed E-state index contributed by atoms with van der Waals surface area (Å²) in [5.41, 5.74) is 0.185. The van der Waals surface area contributed by atoms with Gasteiger partial charge in [-0.3, -0.25) is 9.59 Å². The highest BCUT2D eigenvalue weighted by molar-refractivity contribution is 6.31. The largest absolute Gasteiger partial charge is 0.394 e. The van der Waals surface area contributed by atoms with Gasteiger partial charge in [-0.25, -0.2) is 0 Å². The second-order valence-corrected chi connectivity index (χ2v) is 9.47. The van der Waals surface area contributed by atoms with Crippen LogP contribution in [0.3, 0.4) is 0 Å². The van der Waals surface area contributed by atoms with Gasteiger partial charge in [-0.1, -0.05) is 24.3 Å². The predicted molar refractivity (Wildman–Crippen MR) is 139 cm³/mol. The monoisotopic (exact) mass is 566 g/mol. The Kier molecular flexibility index (Phi) is 10.7. The number of rotatable bonds is 14. The van der Waals surface area contributed by atoms with Crippen molar-refractivity contribution in [3.8, 4) is 0 Å². The van der Waals surface area contributed by atoms with Crippen molar-refractivity contribution in [3.05, 3.63) is 58.7 Å². The van der Waals surface area contributed by atoms with Gasteiger partial charge in [-0.15, -0.1) is 0 Å². The molecule has 1 aliphatic carbocycles. The second kappa shape index (κ2) is 13.6. The first-order valence-corrected chi connectivity index (χ1v) is 12.4. The Morgan fingerprint density at radius 1 is 0.525 bits per heavy atom. The van der Waals surface area contributed by atoms with E-state index in [1.165, 1.54) is 24.3 Å². The number of hydrogen-bond acceptors (Lipinski definition) is 14. The molecule has 14 nitrogen and oxygen atoms in total. The number of hydrogen-bond donors (Lipinski definition) is 12. The first kappa shape index (κ1) is 31.5. The molecule has 40 heavy (non-hydrogen) atoms. The maximum atomic E-state index is 13.5. The molecule has 3 rings (SSSR count). The van der Waals surface area contributed by atoms with Crippen molar-refractivity contribution < 1.29 is 60.7 Å². The molecule has 8 unspecified atom stereocenters. The molecule has 0 aromatic heterocycles. The van der Waals surface area contributed by atoms with Gasteiger partial charge in [0, 0.05) is 35.6 Å². The molecule has 0 bridgehead atoms. The van der Waals surface area contributed by atoms with Crippen LogP contribution >= 0.6 is 0 Å². The van der Waals surface area contributed by atoms with E-state index in [1.54, 1.807) is 12.1 Å². The van der Waals surface area contributed by atoms with Crippen molar-refractivity contribution in [3.63, 3.8) is 0 Å². The van der Waals surface area contributed by atoms with Gasteiger partial charge >= 0.3 is 0 Å². The maximum Gasteiger partial charge on any atom is 0.196 e. The van der Waals surface area contributed by atoms with Crippen molar-refractivity contribution in [2.45, 2.75) is 48.8 Å². The first-order valence-electron chi connectivity index (χ1n) is 12.4. The Morgan fingerprint density at radius 2 is 0.850 bits per heavy atom. The van der Waals surface area contributed by atoms with E-state index in [0.29, 0.717) is 0 Å². The van der Waals surface area contributed by atoms with E-state index >= 15 is 0 Å². The number of nitrogens with one attached hydrogen (secondary N) is 2. The zero-order chi connectivity index (χ0) is 29.7. The molecule has 0 saturated heterocycles. The van der Waals surface area contributed by atoms with E-state index < -0.39 is 86.7 Å². The van der Waals surface area contributed by atoms with Crippen LogP contribution in [0.5, 0.6) is 0 Å². The van der Waals surface area contributed by atoms with Crippen LogP contribution in [0.1, 0.15) is 31.8 Å². The van der Waals surface area contributed by atoms with Gasteiger partial charge in [-0.2, -0.15) is 0 Å². The van der Waals surface area contributed by atoms with E-state index in [1.807, 2.05) is 0 Å². The molecular weight excluding hydrogens is 532 g/mol. The van der Waals surface area contributed by atoms with Crippen LogP contribution in [0.25, 0.3) is 0 Å². The number of benzene rings is 2. The number of anilines is 2. The number of aliphatic hydroxyl groups excluding tert-OH is 10. The topological polar surface area (TPSA) is 260 Å². The summed E-state index contributed by atoms with van der Waals surface area (Å²) in [6.45, 7) is -2.59. The highest BCUT2D eigenvalue weighted by Crippen LogP contribution is 2.36. The van der Waals surface area contributed by atoms with E-state index in [-0.39, 0.29) is 33.6 Å². The van der Waals surface area contributed by atoms with Crippen LogP contribution < -0.4 is 10.6 Å². The van der Waals surface area contributed by atoms with Gasteiger partial charge in [-0.05, 0) is 12.1 Å². The smallest absolute Gasteiger partial charge is 0.196 e. The van der Waals surface area contributed by atoms with Crippen LogP contribution in [-0.4, -0.2) is 138 Å². The summed E-state index contributed by atoms with van der Waals surface area (Å²) < 4.78 is 0. The normalized spacial score (nSPS) is 18.9. The lowest BCUT2D eigenvalue weighted by Gasteiger charge is -2.28. The molecule has 0 aliphatic heterocycles. The Balaban J connectivity index is 1.90. The minimum Gasteiger partial charge on any atom is -0.394 e. The number of ketones is 2. The Hall–Kier alpha value is -3.02. The van der Waals surface area contributed by atoms with Crippen molar-refractivity contribution >= 4 is 22.9 Å². The molecule has 0 amide bonds. The molecule has 0 radical (unpaired) electrons. The van der Waals surface area contributed by atoms with Crippen molar-refractivity contribution in [1.82, 2.24) is 0 Å². The molecular formula is C26H34N2O12. The van der Waals surface area contributed by atoms with Crippen molar-refractivity contribution in [1.29, 1.82) is 0 Å². The van der Waals surface area contributed by atoms with Crippen LogP contribution in [-0.2, 0) is 0 Å². The zero-order valence-electron chi connectivity index (χ0n) is 21.2. The maximum absolute atomic E-state index is 13.5. The quantitative estimate of drug-likeness (QED) is 0.0892. The molecule has 2 aromatic carbocycles. The Morgan fingerprint density at radius 3 is 1.18 bits per heavy atom.